The molecule has 0 aliphatic heterocycles. The van der Waals surface area contributed by atoms with Gasteiger partial charge in [-0.05, 0) is 18.2 Å². The Morgan fingerprint density at radius 2 is 2.42 bits per heavy atom. The summed E-state index contributed by atoms with van der Waals surface area (Å²) in [7, 11) is 0. The molecule has 0 saturated carbocycles. The Bertz CT molecular complexity index is 593. The van der Waals surface area contributed by atoms with Crippen molar-refractivity contribution in [3.05, 3.63) is 40.3 Å². The Hall–Kier alpha value is -2.10. The standard InChI is InChI=1S/C13H13N3O2S/c17-10-1-3-11-4-5-12(19-11)13(18)14-7-9-16-8-2-6-15-16/h2,4-6,8,17H,7,9-10H2,(H,14,18). The predicted molar refractivity (Wildman–Crippen MR) is 72.8 cm³/mol. The van der Waals surface area contributed by atoms with Gasteiger partial charge in [-0.3, -0.25) is 9.48 Å². The van der Waals surface area contributed by atoms with Gasteiger partial charge in [0.05, 0.1) is 16.3 Å². The van der Waals surface area contributed by atoms with Crippen molar-refractivity contribution in [3.8, 4) is 11.8 Å². The summed E-state index contributed by atoms with van der Waals surface area (Å²) in [5, 5.41) is 15.5. The number of hydrogen-bond donors (Lipinski definition) is 2. The van der Waals surface area contributed by atoms with Crippen molar-refractivity contribution >= 4 is 17.2 Å². The number of nitrogens with one attached hydrogen (secondary N) is 1. The van der Waals surface area contributed by atoms with Crippen molar-refractivity contribution in [2.45, 2.75) is 6.54 Å². The highest BCUT2D eigenvalue weighted by Crippen LogP contribution is 2.14. The molecule has 1 amide bonds. The lowest BCUT2D eigenvalue weighted by atomic mass is 10.4. The summed E-state index contributed by atoms with van der Waals surface area (Å²) < 4.78 is 1.76. The van der Waals surface area contributed by atoms with E-state index < -0.39 is 0 Å². The van der Waals surface area contributed by atoms with Crippen LogP contribution in [0.15, 0.2) is 30.6 Å². The fraction of sp³-hybridized carbons (Fsp3) is 0.231. The first-order valence-electron chi connectivity index (χ1n) is 5.75. The maximum atomic E-state index is 11.8. The summed E-state index contributed by atoms with van der Waals surface area (Å²) in [5.74, 6) is 5.21. The molecule has 19 heavy (non-hydrogen) atoms. The van der Waals surface area contributed by atoms with Crippen LogP contribution in [0.3, 0.4) is 0 Å². The Morgan fingerprint density at radius 3 is 3.16 bits per heavy atom. The van der Waals surface area contributed by atoms with Crippen molar-refractivity contribution in [1.82, 2.24) is 15.1 Å². The molecule has 0 radical (unpaired) electrons. The van der Waals surface area contributed by atoms with Crippen molar-refractivity contribution < 1.29 is 9.90 Å². The Morgan fingerprint density at radius 1 is 1.53 bits per heavy atom. The van der Waals surface area contributed by atoms with Crippen LogP contribution < -0.4 is 5.32 Å². The third-order valence-corrected chi connectivity index (χ3v) is 3.31. The van der Waals surface area contributed by atoms with E-state index in [2.05, 4.69) is 22.3 Å². The van der Waals surface area contributed by atoms with Gasteiger partial charge in [0.2, 0.25) is 0 Å². The number of aliphatic hydroxyl groups excluding tert-OH is 1. The van der Waals surface area contributed by atoms with Crippen molar-refractivity contribution in [2.24, 2.45) is 0 Å². The van der Waals surface area contributed by atoms with E-state index in [-0.39, 0.29) is 12.5 Å². The number of rotatable bonds is 4. The Kier molecular flexibility index (Phi) is 4.72. The minimum Gasteiger partial charge on any atom is -0.384 e. The van der Waals surface area contributed by atoms with Crippen LogP contribution in [0, 0.1) is 11.8 Å². The van der Waals surface area contributed by atoms with Crippen LogP contribution >= 0.6 is 11.3 Å². The number of amides is 1. The topological polar surface area (TPSA) is 67.2 Å². The average molecular weight is 275 g/mol. The van der Waals surface area contributed by atoms with Crippen LogP contribution in [-0.2, 0) is 6.54 Å². The molecule has 2 heterocycles. The van der Waals surface area contributed by atoms with Gasteiger partial charge < -0.3 is 10.4 Å². The molecule has 5 nitrogen and oxygen atoms in total. The summed E-state index contributed by atoms with van der Waals surface area (Å²) in [6.45, 7) is 0.987. The highest BCUT2D eigenvalue weighted by atomic mass is 32.1. The fourth-order valence-corrected chi connectivity index (χ4v) is 2.25. The lowest BCUT2D eigenvalue weighted by molar-refractivity contribution is 0.0956. The quantitative estimate of drug-likeness (QED) is 0.808. The minimum absolute atomic E-state index is 0.116. The van der Waals surface area contributed by atoms with Gasteiger partial charge in [0.1, 0.15) is 6.61 Å². The van der Waals surface area contributed by atoms with Crippen LogP contribution in [0.1, 0.15) is 14.5 Å². The molecule has 0 aliphatic rings. The Balaban J connectivity index is 1.84. The Labute approximate surface area is 114 Å². The van der Waals surface area contributed by atoms with Crippen LogP contribution in [0.4, 0.5) is 0 Å². The first-order chi connectivity index (χ1) is 9.29. The third-order valence-electron chi connectivity index (χ3n) is 2.31. The monoisotopic (exact) mass is 275 g/mol. The number of carbonyl (C=O) groups is 1. The summed E-state index contributed by atoms with van der Waals surface area (Å²) >= 11 is 1.31. The molecule has 0 unspecified atom stereocenters. The van der Waals surface area contributed by atoms with Gasteiger partial charge in [0, 0.05) is 18.9 Å². The zero-order chi connectivity index (χ0) is 13.5. The molecule has 2 rings (SSSR count). The molecule has 0 spiro atoms. The molecule has 98 valence electrons. The summed E-state index contributed by atoms with van der Waals surface area (Å²) in [6.07, 6.45) is 3.55. The maximum Gasteiger partial charge on any atom is 0.261 e. The number of thiophene rings is 1. The van der Waals surface area contributed by atoms with Crippen molar-refractivity contribution in [3.63, 3.8) is 0 Å². The lowest BCUT2D eigenvalue weighted by Gasteiger charge is -2.03. The van der Waals surface area contributed by atoms with E-state index in [4.69, 9.17) is 5.11 Å². The van der Waals surface area contributed by atoms with Crippen molar-refractivity contribution in [1.29, 1.82) is 0 Å². The smallest absolute Gasteiger partial charge is 0.261 e. The fourth-order valence-electron chi connectivity index (χ4n) is 1.46. The van der Waals surface area contributed by atoms with E-state index in [0.29, 0.717) is 18.0 Å². The van der Waals surface area contributed by atoms with Gasteiger partial charge in [0.25, 0.3) is 5.91 Å². The molecule has 0 aromatic carbocycles. The molecule has 2 aromatic heterocycles. The number of hydrogen-bond acceptors (Lipinski definition) is 4. The first-order valence-corrected chi connectivity index (χ1v) is 6.56. The van der Waals surface area contributed by atoms with Crippen molar-refractivity contribution in [2.75, 3.05) is 13.2 Å². The van der Waals surface area contributed by atoms with Gasteiger partial charge in [-0.25, -0.2) is 0 Å². The maximum absolute atomic E-state index is 11.8. The van der Waals surface area contributed by atoms with E-state index in [1.807, 2.05) is 12.3 Å². The zero-order valence-electron chi connectivity index (χ0n) is 10.2. The van der Waals surface area contributed by atoms with Crippen LogP contribution in [-0.4, -0.2) is 33.9 Å². The molecule has 0 saturated heterocycles. The van der Waals surface area contributed by atoms with Crippen LogP contribution in [0.2, 0.25) is 0 Å². The second-order valence-electron chi connectivity index (χ2n) is 3.65. The van der Waals surface area contributed by atoms with Gasteiger partial charge >= 0.3 is 0 Å². The second kappa shape index (κ2) is 6.73. The normalized spacial score (nSPS) is 9.74. The molecular formula is C13H13N3O2S. The molecule has 6 heteroatoms. The molecule has 2 aromatic rings. The van der Waals surface area contributed by atoms with Crippen LogP contribution in [0.25, 0.3) is 0 Å². The third kappa shape index (κ3) is 3.95. The van der Waals surface area contributed by atoms with Gasteiger partial charge in [-0.1, -0.05) is 11.8 Å². The molecule has 0 atom stereocenters. The molecule has 0 fully saturated rings. The van der Waals surface area contributed by atoms with Crippen LogP contribution in [0.5, 0.6) is 0 Å². The molecular weight excluding hydrogens is 262 g/mol. The number of nitrogens with zero attached hydrogens (tertiary/aromatic N) is 2. The lowest BCUT2D eigenvalue weighted by Crippen LogP contribution is -2.26. The SMILES string of the molecule is O=C(NCCn1cccn1)c1ccc(C#CCO)s1. The highest BCUT2D eigenvalue weighted by Gasteiger charge is 2.07. The minimum atomic E-state index is -0.177. The largest absolute Gasteiger partial charge is 0.384 e. The van der Waals surface area contributed by atoms with E-state index in [1.54, 1.807) is 23.0 Å². The highest BCUT2D eigenvalue weighted by molar-refractivity contribution is 7.14. The average Bonchev–Trinajstić information content (AvgIpc) is 3.07. The van der Waals surface area contributed by atoms with Gasteiger partial charge in [0.15, 0.2) is 0 Å². The van der Waals surface area contributed by atoms with Gasteiger partial charge in [-0.2, -0.15) is 5.10 Å². The van der Waals surface area contributed by atoms with Gasteiger partial charge in [-0.15, -0.1) is 11.3 Å². The number of aromatic nitrogens is 2. The zero-order valence-corrected chi connectivity index (χ0v) is 11.0. The second-order valence-corrected chi connectivity index (χ2v) is 4.73. The number of aliphatic hydroxyl groups is 1. The predicted octanol–water partition coefficient (Wildman–Crippen LogP) is 0.718. The molecule has 2 N–H and O–H groups in total. The van der Waals surface area contributed by atoms with E-state index >= 15 is 0 Å². The summed E-state index contributed by atoms with van der Waals surface area (Å²) in [6, 6.07) is 5.35. The number of carbonyl (C=O) groups excluding carboxylic acids is 1. The van der Waals surface area contributed by atoms with E-state index in [0.717, 1.165) is 4.88 Å². The molecule has 0 bridgehead atoms. The first kappa shape index (κ1) is 13.3. The molecule has 0 aliphatic carbocycles. The summed E-state index contributed by atoms with van der Waals surface area (Å²) in [5.41, 5.74) is 0. The summed E-state index contributed by atoms with van der Waals surface area (Å²) in [4.78, 5) is 13.2. The van der Waals surface area contributed by atoms with E-state index in [9.17, 15) is 4.79 Å². The van der Waals surface area contributed by atoms with E-state index in [1.165, 1.54) is 11.3 Å².